The van der Waals surface area contributed by atoms with Crippen molar-refractivity contribution in [1.29, 1.82) is 0 Å². The van der Waals surface area contributed by atoms with Gasteiger partial charge in [0.15, 0.2) is 0 Å². The Morgan fingerprint density at radius 3 is 2.43 bits per heavy atom. The molecule has 0 unspecified atom stereocenters. The molecule has 0 aliphatic heterocycles. The third-order valence-electron chi connectivity index (χ3n) is 4.73. The molecule has 0 radical (unpaired) electrons. The maximum Gasteiger partial charge on any atom is 0.0411 e. The van der Waals surface area contributed by atoms with E-state index in [1.54, 1.807) is 6.08 Å². The molecule has 0 aromatic heterocycles. The van der Waals surface area contributed by atoms with Crippen molar-refractivity contribution in [3.8, 4) is 0 Å². The lowest BCUT2D eigenvalue weighted by Gasteiger charge is -2.26. The molecule has 0 heterocycles. The standard InChI is InChI=1S/C29H37N/c1-7-11-13-14-17-24-30(28(10-4)20-12-8-2)26(6)23-22-25(5)29-21-16-15-19-27(29)18-9-3/h7-8,10-17,19,21-23H,1,5-6,9,18,20,24H2,2-4H3/b12-8-,13-11-,17-14-,23-22-,28-10+. The molecule has 0 saturated heterocycles. The molecule has 1 aromatic rings. The van der Waals surface area contributed by atoms with Crippen LogP contribution in [0.25, 0.3) is 5.57 Å². The van der Waals surface area contributed by atoms with Crippen LogP contribution in [0.4, 0.5) is 0 Å². The van der Waals surface area contributed by atoms with Crippen LogP contribution in [0.3, 0.4) is 0 Å². The fraction of sp³-hybridized carbons (Fsp3) is 0.241. The average molecular weight is 400 g/mol. The molecular weight excluding hydrogens is 362 g/mol. The second-order valence-corrected chi connectivity index (χ2v) is 6.97. The van der Waals surface area contributed by atoms with Gasteiger partial charge >= 0.3 is 0 Å². The number of hydrogen-bond donors (Lipinski definition) is 0. The Balaban J connectivity index is 3.04. The molecule has 1 aromatic carbocycles. The van der Waals surface area contributed by atoms with Gasteiger partial charge in [-0.25, -0.2) is 0 Å². The topological polar surface area (TPSA) is 3.24 Å². The van der Waals surface area contributed by atoms with Gasteiger partial charge < -0.3 is 4.90 Å². The first-order valence-electron chi connectivity index (χ1n) is 10.7. The predicted octanol–water partition coefficient (Wildman–Crippen LogP) is 8.19. The lowest BCUT2D eigenvalue weighted by molar-refractivity contribution is 0.478. The molecule has 0 saturated carbocycles. The molecule has 0 N–H and O–H groups in total. The van der Waals surface area contributed by atoms with Gasteiger partial charge in [0, 0.05) is 24.4 Å². The van der Waals surface area contributed by atoms with Crippen molar-refractivity contribution >= 4 is 5.57 Å². The van der Waals surface area contributed by atoms with E-state index in [2.05, 4.69) is 99.2 Å². The summed E-state index contributed by atoms with van der Waals surface area (Å²) < 4.78 is 0. The summed E-state index contributed by atoms with van der Waals surface area (Å²) in [6.07, 6.45) is 23.4. The maximum atomic E-state index is 4.34. The molecule has 0 bridgehead atoms. The lowest BCUT2D eigenvalue weighted by Crippen LogP contribution is -2.21. The molecule has 0 fully saturated rings. The molecule has 1 rings (SSSR count). The summed E-state index contributed by atoms with van der Waals surface area (Å²) in [7, 11) is 0. The van der Waals surface area contributed by atoms with Crippen LogP contribution in [0.5, 0.6) is 0 Å². The van der Waals surface area contributed by atoms with E-state index >= 15 is 0 Å². The second kappa shape index (κ2) is 14.9. The van der Waals surface area contributed by atoms with Crippen molar-refractivity contribution < 1.29 is 0 Å². The highest BCUT2D eigenvalue weighted by molar-refractivity contribution is 5.74. The van der Waals surface area contributed by atoms with Crippen LogP contribution < -0.4 is 0 Å². The third-order valence-corrected chi connectivity index (χ3v) is 4.73. The van der Waals surface area contributed by atoms with Gasteiger partial charge in [-0.2, -0.15) is 0 Å². The minimum atomic E-state index is 0.751. The highest BCUT2D eigenvalue weighted by atomic mass is 15.1. The van der Waals surface area contributed by atoms with Crippen molar-refractivity contribution in [2.75, 3.05) is 6.54 Å². The zero-order valence-electron chi connectivity index (χ0n) is 19.0. The molecular formula is C29H37N. The van der Waals surface area contributed by atoms with E-state index < -0.39 is 0 Å². The summed E-state index contributed by atoms with van der Waals surface area (Å²) in [6, 6.07) is 8.51. The van der Waals surface area contributed by atoms with E-state index in [1.165, 1.54) is 16.8 Å². The van der Waals surface area contributed by atoms with E-state index in [0.717, 1.165) is 37.1 Å². The van der Waals surface area contributed by atoms with Crippen molar-refractivity contribution in [3.05, 3.63) is 127 Å². The van der Waals surface area contributed by atoms with Crippen LogP contribution in [-0.4, -0.2) is 11.4 Å². The van der Waals surface area contributed by atoms with E-state index in [-0.39, 0.29) is 0 Å². The Kier molecular flexibility index (Phi) is 12.4. The van der Waals surface area contributed by atoms with E-state index in [0.29, 0.717) is 0 Å². The fourth-order valence-corrected chi connectivity index (χ4v) is 3.13. The van der Waals surface area contributed by atoms with Crippen molar-refractivity contribution in [1.82, 2.24) is 4.90 Å². The fourth-order valence-electron chi connectivity index (χ4n) is 3.13. The van der Waals surface area contributed by atoms with Crippen LogP contribution in [0.15, 0.2) is 116 Å². The number of benzene rings is 1. The first-order chi connectivity index (χ1) is 14.6. The Morgan fingerprint density at radius 1 is 1.00 bits per heavy atom. The number of hydrogen-bond acceptors (Lipinski definition) is 1. The molecule has 30 heavy (non-hydrogen) atoms. The number of allylic oxidation sites excluding steroid dienone is 10. The first-order valence-corrected chi connectivity index (χ1v) is 10.7. The maximum absolute atomic E-state index is 4.34. The van der Waals surface area contributed by atoms with E-state index in [4.69, 9.17) is 0 Å². The van der Waals surface area contributed by atoms with Gasteiger partial charge in [0.2, 0.25) is 0 Å². The zero-order chi connectivity index (χ0) is 22.2. The number of nitrogens with zero attached hydrogens (tertiary/aromatic N) is 1. The van der Waals surface area contributed by atoms with Crippen LogP contribution in [0, 0.1) is 0 Å². The number of aryl methyl sites for hydroxylation is 1. The van der Waals surface area contributed by atoms with Crippen LogP contribution in [-0.2, 0) is 6.42 Å². The molecule has 1 nitrogen and oxygen atoms in total. The molecule has 0 aliphatic rings. The van der Waals surface area contributed by atoms with Gasteiger partial charge in [-0.05, 0) is 43.0 Å². The number of rotatable bonds is 13. The van der Waals surface area contributed by atoms with Gasteiger partial charge in [0.1, 0.15) is 0 Å². The largest absolute Gasteiger partial charge is 0.342 e. The summed E-state index contributed by atoms with van der Waals surface area (Å²) in [5, 5.41) is 0. The monoisotopic (exact) mass is 399 g/mol. The molecule has 158 valence electrons. The first kappa shape index (κ1) is 25.0. The van der Waals surface area contributed by atoms with Gasteiger partial charge in [-0.3, -0.25) is 0 Å². The Hall–Kier alpha value is -3.06. The normalized spacial score (nSPS) is 12.4. The summed E-state index contributed by atoms with van der Waals surface area (Å²) in [4.78, 5) is 2.24. The molecule has 0 spiro atoms. The quantitative estimate of drug-likeness (QED) is 0.239. The average Bonchev–Trinajstić information content (AvgIpc) is 2.76. The van der Waals surface area contributed by atoms with Gasteiger partial charge in [0.05, 0.1) is 0 Å². The summed E-state index contributed by atoms with van der Waals surface area (Å²) in [5.41, 5.74) is 5.73. The molecule has 0 amide bonds. The SMILES string of the molecule is C=C/C=C\C=C/CN(C(=C)/C=C\C(=C)c1ccccc1CCC)/C(=C/C)C/C=C\C. The predicted molar refractivity (Wildman–Crippen MR) is 136 cm³/mol. The van der Waals surface area contributed by atoms with Gasteiger partial charge in [-0.15, -0.1) is 0 Å². The van der Waals surface area contributed by atoms with Gasteiger partial charge in [0.25, 0.3) is 0 Å². The minimum absolute atomic E-state index is 0.751. The lowest BCUT2D eigenvalue weighted by atomic mass is 9.97. The highest BCUT2D eigenvalue weighted by Crippen LogP contribution is 2.22. The molecule has 0 atom stereocenters. The smallest absolute Gasteiger partial charge is 0.0411 e. The van der Waals surface area contributed by atoms with Crippen molar-refractivity contribution in [3.63, 3.8) is 0 Å². The van der Waals surface area contributed by atoms with Gasteiger partial charge in [-0.1, -0.05) is 112 Å². The molecule has 1 heteroatoms. The van der Waals surface area contributed by atoms with E-state index in [9.17, 15) is 0 Å². The zero-order valence-corrected chi connectivity index (χ0v) is 19.0. The third kappa shape index (κ3) is 8.53. The Labute approximate surface area is 184 Å². The highest BCUT2D eigenvalue weighted by Gasteiger charge is 2.09. The molecule has 0 aliphatic carbocycles. The van der Waals surface area contributed by atoms with Crippen LogP contribution >= 0.6 is 0 Å². The summed E-state index contributed by atoms with van der Waals surface area (Å²) in [6.45, 7) is 19.4. The Bertz CT molecular complexity index is 843. The minimum Gasteiger partial charge on any atom is -0.342 e. The van der Waals surface area contributed by atoms with Crippen molar-refractivity contribution in [2.24, 2.45) is 0 Å². The summed E-state index contributed by atoms with van der Waals surface area (Å²) in [5.74, 6) is 0. The van der Waals surface area contributed by atoms with Crippen LogP contribution in [0.2, 0.25) is 0 Å². The summed E-state index contributed by atoms with van der Waals surface area (Å²) >= 11 is 0. The van der Waals surface area contributed by atoms with Crippen molar-refractivity contribution in [2.45, 2.75) is 40.0 Å². The van der Waals surface area contributed by atoms with E-state index in [1.807, 2.05) is 25.2 Å². The van der Waals surface area contributed by atoms with Crippen LogP contribution in [0.1, 0.15) is 44.7 Å². The Morgan fingerprint density at radius 2 is 1.77 bits per heavy atom. The second-order valence-electron chi connectivity index (χ2n) is 6.97.